The van der Waals surface area contributed by atoms with Crippen molar-refractivity contribution in [2.75, 3.05) is 0 Å². The number of hydrogen-bond acceptors (Lipinski definition) is 4. The summed E-state index contributed by atoms with van der Waals surface area (Å²) < 4.78 is 1.11. The smallest absolute Gasteiger partial charge is 0.331 e. The fourth-order valence-corrected chi connectivity index (χ4v) is 1.77. The molecule has 0 amide bonds. The molecular weight excluding hydrogens is 248 g/mol. The summed E-state index contributed by atoms with van der Waals surface area (Å²) in [5, 5.41) is 18.9. The SMILES string of the molecule is Cc1c(O)n(CCc2ccc(O)cc2)c(=O)[nH]c1=O. The van der Waals surface area contributed by atoms with Crippen molar-refractivity contribution in [1.29, 1.82) is 0 Å². The van der Waals surface area contributed by atoms with E-state index in [9.17, 15) is 14.7 Å². The van der Waals surface area contributed by atoms with E-state index < -0.39 is 11.2 Å². The predicted molar refractivity (Wildman–Crippen MR) is 69.5 cm³/mol. The zero-order valence-electron chi connectivity index (χ0n) is 10.4. The van der Waals surface area contributed by atoms with E-state index in [1.54, 1.807) is 24.3 Å². The Kier molecular flexibility index (Phi) is 3.41. The van der Waals surface area contributed by atoms with Gasteiger partial charge < -0.3 is 10.2 Å². The van der Waals surface area contributed by atoms with Crippen molar-refractivity contribution in [1.82, 2.24) is 9.55 Å². The maximum absolute atomic E-state index is 11.6. The molecule has 0 aliphatic carbocycles. The number of hydrogen-bond donors (Lipinski definition) is 3. The fraction of sp³-hybridized carbons (Fsp3) is 0.231. The third-order valence-corrected chi connectivity index (χ3v) is 2.96. The Morgan fingerprint density at radius 2 is 1.79 bits per heavy atom. The van der Waals surface area contributed by atoms with Crippen molar-refractivity contribution in [2.24, 2.45) is 0 Å². The molecule has 0 aliphatic rings. The Labute approximate surface area is 108 Å². The Bertz CT molecular complexity index is 698. The minimum atomic E-state index is -0.633. The van der Waals surface area contributed by atoms with Gasteiger partial charge in [0, 0.05) is 6.54 Å². The standard InChI is InChI=1S/C13H14N2O4/c1-8-11(17)14-13(19)15(12(8)18)7-6-9-2-4-10(16)5-3-9/h2-5,16,18H,6-7H2,1H3,(H,14,17,19). The van der Waals surface area contributed by atoms with Gasteiger partial charge in [-0.3, -0.25) is 14.3 Å². The van der Waals surface area contributed by atoms with E-state index in [-0.39, 0.29) is 23.7 Å². The highest BCUT2D eigenvalue weighted by molar-refractivity contribution is 5.26. The first-order valence-electron chi connectivity index (χ1n) is 5.79. The summed E-state index contributed by atoms with van der Waals surface area (Å²) in [6.45, 7) is 1.69. The molecule has 0 atom stereocenters. The van der Waals surface area contributed by atoms with Gasteiger partial charge in [0.2, 0.25) is 5.88 Å². The lowest BCUT2D eigenvalue weighted by atomic mass is 10.1. The molecule has 0 saturated carbocycles. The van der Waals surface area contributed by atoms with Gasteiger partial charge in [0.25, 0.3) is 5.56 Å². The topological polar surface area (TPSA) is 95.3 Å². The van der Waals surface area contributed by atoms with Crippen LogP contribution in [0.4, 0.5) is 0 Å². The van der Waals surface area contributed by atoms with Crippen LogP contribution in [0, 0.1) is 6.92 Å². The van der Waals surface area contributed by atoms with Crippen molar-refractivity contribution >= 4 is 0 Å². The van der Waals surface area contributed by atoms with Gasteiger partial charge >= 0.3 is 5.69 Å². The van der Waals surface area contributed by atoms with Crippen molar-refractivity contribution in [2.45, 2.75) is 19.9 Å². The van der Waals surface area contributed by atoms with Crippen molar-refractivity contribution in [3.05, 3.63) is 56.2 Å². The maximum atomic E-state index is 11.6. The molecule has 6 heteroatoms. The van der Waals surface area contributed by atoms with Crippen molar-refractivity contribution in [3.63, 3.8) is 0 Å². The van der Waals surface area contributed by atoms with Gasteiger partial charge in [-0.2, -0.15) is 0 Å². The quantitative estimate of drug-likeness (QED) is 0.750. The van der Waals surface area contributed by atoms with E-state index in [0.29, 0.717) is 6.42 Å². The molecule has 0 saturated heterocycles. The molecule has 1 aromatic carbocycles. The van der Waals surface area contributed by atoms with Gasteiger partial charge in [-0.1, -0.05) is 12.1 Å². The minimum absolute atomic E-state index is 0.116. The second-order valence-electron chi connectivity index (χ2n) is 4.28. The van der Waals surface area contributed by atoms with Crippen LogP contribution in [-0.2, 0) is 13.0 Å². The number of nitrogens with zero attached hydrogens (tertiary/aromatic N) is 1. The summed E-state index contributed by atoms with van der Waals surface area (Å²) >= 11 is 0. The first kappa shape index (κ1) is 12.9. The van der Waals surface area contributed by atoms with Crippen LogP contribution in [0.15, 0.2) is 33.9 Å². The lowest BCUT2D eigenvalue weighted by molar-refractivity contribution is 0.395. The molecule has 1 aromatic heterocycles. The molecule has 1 heterocycles. The van der Waals surface area contributed by atoms with Crippen LogP contribution in [0.1, 0.15) is 11.1 Å². The number of aryl methyl sites for hydroxylation is 1. The molecule has 0 bridgehead atoms. The molecule has 3 N–H and O–H groups in total. The number of aromatic nitrogens is 2. The molecular formula is C13H14N2O4. The molecule has 0 unspecified atom stereocenters. The van der Waals surface area contributed by atoms with E-state index in [0.717, 1.165) is 10.1 Å². The fourth-order valence-electron chi connectivity index (χ4n) is 1.77. The van der Waals surface area contributed by atoms with Crippen molar-refractivity contribution in [3.8, 4) is 11.6 Å². The number of rotatable bonds is 3. The van der Waals surface area contributed by atoms with Crippen LogP contribution in [0.3, 0.4) is 0 Å². The van der Waals surface area contributed by atoms with Gasteiger partial charge in [-0.15, -0.1) is 0 Å². The molecule has 100 valence electrons. The summed E-state index contributed by atoms with van der Waals surface area (Å²) in [7, 11) is 0. The highest BCUT2D eigenvalue weighted by atomic mass is 16.3. The van der Waals surface area contributed by atoms with Crippen LogP contribution >= 0.6 is 0 Å². The summed E-state index contributed by atoms with van der Waals surface area (Å²) in [5.74, 6) is -0.142. The Morgan fingerprint density at radius 1 is 1.16 bits per heavy atom. The monoisotopic (exact) mass is 262 g/mol. The largest absolute Gasteiger partial charge is 0.508 e. The summed E-state index contributed by atoms with van der Waals surface area (Å²) in [4.78, 5) is 25.0. The van der Waals surface area contributed by atoms with E-state index in [1.807, 2.05) is 0 Å². The molecule has 2 aromatic rings. The zero-order valence-corrected chi connectivity index (χ0v) is 10.4. The summed E-state index contributed by atoms with van der Waals surface area (Å²) in [6.07, 6.45) is 0.499. The van der Waals surface area contributed by atoms with E-state index in [1.165, 1.54) is 6.92 Å². The van der Waals surface area contributed by atoms with Crippen LogP contribution in [-0.4, -0.2) is 19.8 Å². The normalized spacial score (nSPS) is 10.6. The Morgan fingerprint density at radius 3 is 2.42 bits per heavy atom. The molecule has 0 fully saturated rings. The minimum Gasteiger partial charge on any atom is -0.508 e. The number of aromatic hydroxyl groups is 2. The van der Waals surface area contributed by atoms with Crippen LogP contribution in [0.25, 0.3) is 0 Å². The predicted octanol–water partition coefficient (Wildman–Crippen LogP) is 0.499. The van der Waals surface area contributed by atoms with Crippen molar-refractivity contribution < 1.29 is 10.2 Å². The van der Waals surface area contributed by atoms with Gasteiger partial charge in [-0.05, 0) is 31.0 Å². The second kappa shape index (κ2) is 5.01. The zero-order chi connectivity index (χ0) is 14.0. The Hall–Kier alpha value is -2.50. The van der Waals surface area contributed by atoms with Crippen LogP contribution in [0.5, 0.6) is 11.6 Å². The van der Waals surface area contributed by atoms with E-state index in [4.69, 9.17) is 5.11 Å². The third kappa shape index (κ3) is 2.67. The summed E-state index contributed by atoms with van der Waals surface area (Å²) in [5.41, 5.74) is -0.187. The van der Waals surface area contributed by atoms with Crippen LogP contribution in [0.2, 0.25) is 0 Å². The molecule has 0 aliphatic heterocycles. The maximum Gasteiger partial charge on any atom is 0.331 e. The average molecular weight is 262 g/mol. The first-order chi connectivity index (χ1) is 8.99. The Balaban J connectivity index is 2.25. The van der Waals surface area contributed by atoms with E-state index in [2.05, 4.69) is 4.98 Å². The average Bonchev–Trinajstić information content (AvgIpc) is 2.38. The van der Waals surface area contributed by atoms with Gasteiger partial charge in [0.15, 0.2) is 0 Å². The highest BCUT2D eigenvalue weighted by Gasteiger charge is 2.09. The molecule has 0 radical (unpaired) electrons. The number of benzene rings is 1. The van der Waals surface area contributed by atoms with Gasteiger partial charge in [0.1, 0.15) is 5.75 Å². The first-order valence-corrected chi connectivity index (χ1v) is 5.79. The number of H-pyrrole nitrogens is 1. The molecule has 19 heavy (non-hydrogen) atoms. The van der Waals surface area contributed by atoms with Gasteiger partial charge in [-0.25, -0.2) is 4.79 Å². The number of nitrogens with one attached hydrogen (secondary N) is 1. The third-order valence-electron chi connectivity index (χ3n) is 2.96. The van der Waals surface area contributed by atoms with E-state index >= 15 is 0 Å². The lowest BCUT2D eigenvalue weighted by Crippen LogP contribution is -2.31. The lowest BCUT2D eigenvalue weighted by Gasteiger charge is -2.09. The van der Waals surface area contributed by atoms with Gasteiger partial charge in [0.05, 0.1) is 5.56 Å². The second-order valence-corrected chi connectivity index (χ2v) is 4.28. The highest BCUT2D eigenvalue weighted by Crippen LogP contribution is 2.12. The molecule has 0 spiro atoms. The summed E-state index contributed by atoms with van der Waals surface area (Å²) in [6, 6.07) is 6.57. The molecule has 6 nitrogen and oxygen atoms in total. The number of phenolic OH excluding ortho intramolecular Hbond substituents is 1. The number of aromatic amines is 1. The molecule has 2 rings (SSSR count). The van der Waals surface area contributed by atoms with Crippen LogP contribution < -0.4 is 11.2 Å². The number of phenols is 1.